The van der Waals surface area contributed by atoms with E-state index in [2.05, 4.69) is 34.6 Å². The molecule has 0 bridgehead atoms. The summed E-state index contributed by atoms with van der Waals surface area (Å²) in [6, 6.07) is 0. The van der Waals surface area contributed by atoms with E-state index in [1.165, 1.54) is 6.42 Å². The fourth-order valence-corrected chi connectivity index (χ4v) is 0. The molecule has 0 atom stereocenters. The fourth-order valence-electron chi connectivity index (χ4n) is 0. The molecule has 2 heteroatoms. The Kier molecular flexibility index (Phi) is 50.5. The molecule has 10 heavy (non-hydrogen) atoms. The van der Waals surface area contributed by atoms with Gasteiger partial charge in [-0.3, -0.25) is 0 Å². The van der Waals surface area contributed by atoms with Crippen molar-refractivity contribution in [3.8, 4) is 0 Å². The molecule has 0 heterocycles. The van der Waals surface area contributed by atoms with Gasteiger partial charge in [0.05, 0.1) is 0 Å². The third kappa shape index (κ3) is 139. The van der Waals surface area contributed by atoms with Crippen LogP contribution < -0.4 is 0 Å². The number of unbranched alkanes of at least 4 members (excludes halogenated alkanes) is 1. The molecule has 0 aromatic rings. The standard InChI is InChI=1S/2C4H9.ClH.Mg/c1-4(2)3;1-3-4-2;;/h4H,1H2,2-3H3;1,3-4H2,2H3;1H;/q2*-1;;+2. The Morgan fingerprint density at radius 3 is 1.40 bits per heavy atom. The molecule has 0 aromatic heterocycles. The molecule has 0 unspecified atom stereocenters. The van der Waals surface area contributed by atoms with Crippen LogP contribution in [0.5, 0.6) is 0 Å². The maximum absolute atomic E-state index is 3.64. The van der Waals surface area contributed by atoms with Crippen LogP contribution in [0.25, 0.3) is 0 Å². The molecule has 0 radical (unpaired) electrons. The minimum Gasteiger partial charge on any atom is -0.343 e. The first-order valence-electron chi connectivity index (χ1n) is 3.27. The van der Waals surface area contributed by atoms with Crippen LogP contribution in [0.2, 0.25) is 0 Å². The van der Waals surface area contributed by atoms with Crippen LogP contribution in [0.1, 0.15) is 33.6 Å². The Hall–Kier alpha value is 1.06. The van der Waals surface area contributed by atoms with Gasteiger partial charge in [0.1, 0.15) is 0 Å². The van der Waals surface area contributed by atoms with E-state index in [4.69, 9.17) is 0 Å². The van der Waals surface area contributed by atoms with E-state index >= 15 is 0 Å². The van der Waals surface area contributed by atoms with Gasteiger partial charge in [-0.1, -0.05) is 27.2 Å². The van der Waals surface area contributed by atoms with Crippen molar-refractivity contribution in [2.75, 3.05) is 0 Å². The van der Waals surface area contributed by atoms with Gasteiger partial charge < -0.3 is 13.8 Å². The maximum Gasteiger partial charge on any atom is 2.00 e. The molecule has 0 N–H and O–H groups in total. The predicted molar refractivity (Wildman–Crippen MR) is 53.5 cm³/mol. The molecular formula is C8H19ClMg. The van der Waals surface area contributed by atoms with Crippen LogP contribution in [0, 0.1) is 19.8 Å². The summed E-state index contributed by atoms with van der Waals surface area (Å²) in [5.41, 5.74) is 0. The number of hydrogen-bond acceptors (Lipinski definition) is 0. The topological polar surface area (TPSA) is 0 Å². The third-order valence-corrected chi connectivity index (χ3v) is 0.354. The van der Waals surface area contributed by atoms with E-state index in [0.717, 1.165) is 6.42 Å². The van der Waals surface area contributed by atoms with E-state index in [1.54, 1.807) is 0 Å². The minimum absolute atomic E-state index is 0. The molecule has 0 aromatic carbocycles. The van der Waals surface area contributed by atoms with Gasteiger partial charge in [0.15, 0.2) is 0 Å². The van der Waals surface area contributed by atoms with Crippen LogP contribution in [0.3, 0.4) is 0 Å². The summed E-state index contributed by atoms with van der Waals surface area (Å²) in [5.74, 6) is 0.583. The first-order valence-corrected chi connectivity index (χ1v) is 3.27. The van der Waals surface area contributed by atoms with Crippen LogP contribution in [-0.2, 0) is 0 Å². The van der Waals surface area contributed by atoms with Crippen LogP contribution in [0.4, 0.5) is 0 Å². The Labute approximate surface area is 88.7 Å². The minimum atomic E-state index is 0. The average Bonchev–Trinajstić information content (AvgIpc) is 1.65. The Balaban J connectivity index is -0.0000000300. The van der Waals surface area contributed by atoms with Crippen molar-refractivity contribution >= 4 is 35.5 Å². The average molecular weight is 175 g/mol. The second-order valence-electron chi connectivity index (χ2n) is 2.25. The van der Waals surface area contributed by atoms with Gasteiger partial charge in [0.2, 0.25) is 0 Å². The zero-order valence-electron chi connectivity index (χ0n) is 7.52. The van der Waals surface area contributed by atoms with Crippen molar-refractivity contribution in [3.63, 3.8) is 0 Å². The molecule has 0 saturated heterocycles. The molecule has 0 spiro atoms. The molecular weight excluding hydrogens is 156 g/mol. The quantitative estimate of drug-likeness (QED) is 0.424. The van der Waals surface area contributed by atoms with Crippen molar-refractivity contribution < 1.29 is 0 Å². The second-order valence-corrected chi connectivity index (χ2v) is 2.25. The summed E-state index contributed by atoms with van der Waals surface area (Å²) in [7, 11) is 0. The fraction of sp³-hybridized carbons (Fsp3) is 0.750. The normalized spacial score (nSPS) is 6.60. The van der Waals surface area contributed by atoms with Crippen molar-refractivity contribution in [3.05, 3.63) is 13.8 Å². The zero-order chi connectivity index (χ0) is 6.99. The van der Waals surface area contributed by atoms with E-state index in [1.807, 2.05) is 0 Å². The molecule has 0 nitrogen and oxygen atoms in total. The van der Waals surface area contributed by atoms with Crippen molar-refractivity contribution in [2.45, 2.75) is 33.6 Å². The first kappa shape index (κ1) is 22.5. The van der Waals surface area contributed by atoms with Gasteiger partial charge in [-0.15, -0.1) is 12.4 Å². The Bertz CT molecular complexity index is 25.7. The smallest absolute Gasteiger partial charge is 0.343 e. The van der Waals surface area contributed by atoms with Crippen molar-refractivity contribution in [1.82, 2.24) is 0 Å². The molecule has 0 aliphatic heterocycles. The summed E-state index contributed by atoms with van der Waals surface area (Å²) < 4.78 is 0. The van der Waals surface area contributed by atoms with Gasteiger partial charge in [-0.2, -0.15) is 12.3 Å². The number of hydrogen-bond donors (Lipinski definition) is 0. The largest absolute Gasteiger partial charge is 2.00 e. The third-order valence-electron chi connectivity index (χ3n) is 0.354. The van der Waals surface area contributed by atoms with E-state index < -0.39 is 0 Å². The van der Waals surface area contributed by atoms with Crippen LogP contribution in [0.15, 0.2) is 0 Å². The van der Waals surface area contributed by atoms with E-state index in [0.29, 0.717) is 5.92 Å². The number of halogens is 1. The molecule has 0 fully saturated rings. The molecule has 0 saturated carbocycles. The summed E-state index contributed by atoms with van der Waals surface area (Å²) in [6.07, 6.45) is 2.28. The monoisotopic (exact) mass is 174 g/mol. The predicted octanol–water partition coefficient (Wildman–Crippen LogP) is 3.14. The van der Waals surface area contributed by atoms with Crippen molar-refractivity contribution in [1.29, 1.82) is 0 Å². The van der Waals surface area contributed by atoms with Crippen LogP contribution >= 0.6 is 12.4 Å². The number of rotatable bonds is 1. The van der Waals surface area contributed by atoms with Gasteiger partial charge >= 0.3 is 23.1 Å². The van der Waals surface area contributed by atoms with Gasteiger partial charge in [-0.25, -0.2) is 0 Å². The molecule has 0 aliphatic carbocycles. The summed E-state index contributed by atoms with van der Waals surface area (Å²) in [4.78, 5) is 0. The summed E-state index contributed by atoms with van der Waals surface area (Å²) >= 11 is 0. The Morgan fingerprint density at radius 2 is 1.40 bits per heavy atom. The van der Waals surface area contributed by atoms with Crippen LogP contribution in [-0.4, -0.2) is 23.1 Å². The zero-order valence-corrected chi connectivity index (χ0v) is 9.75. The first-order chi connectivity index (χ1) is 3.65. The molecule has 0 rings (SSSR count). The molecule has 0 aliphatic rings. The maximum atomic E-state index is 3.64. The second kappa shape index (κ2) is 22.5. The van der Waals surface area contributed by atoms with Gasteiger partial charge in [0.25, 0.3) is 0 Å². The van der Waals surface area contributed by atoms with Crippen molar-refractivity contribution in [2.24, 2.45) is 5.92 Å². The Morgan fingerprint density at radius 1 is 1.30 bits per heavy atom. The summed E-state index contributed by atoms with van der Waals surface area (Å²) in [5, 5.41) is 0. The van der Waals surface area contributed by atoms with E-state index in [-0.39, 0.29) is 35.5 Å². The van der Waals surface area contributed by atoms with E-state index in [9.17, 15) is 0 Å². The van der Waals surface area contributed by atoms with Gasteiger partial charge in [-0.05, 0) is 0 Å². The van der Waals surface area contributed by atoms with Gasteiger partial charge in [0, 0.05) is 0 Å². The molecule has 0 amide bonds. The SMILES string of the molecule is Cl.[CH2-]C(C)C.[CH2-]CCC.[Mg+2]. The molecule has 60 valence electrons. The summed E-state index contributed by atoms with van der Waals surface area (Å²) in [6.45, 7) is 13.5.